The van der Waals surface area contributed by atoms with Crippen molar-refractivity contribution in [2.45, 2.75) is 47.6 Å². The van der Waals surface area contributed by atoms with Crippen LogP contribution in [0.3, 0.4) is 0 Å². The Morgan fingerprint density at radius 1 is 1.00 bits per heavy atom. The van der Waals surface area contributed by atoms with Gasteiger partial charge in [-0.05, 0) is 31.2 Å². The van der Waals surface area contributed by atoms with Gasteiger partial charge in [-0.3, -0.25) is 0 Å². The fraction of sp³-hybridized carbons (Fsp3) is 1.00. The van der Waals surface area contributed by atoms with E-state index in [1.54, 1.807) is 6.92 Å². The van der Waals surface area contributed by atoms with E-state index in [4.69, 9.17) is 0 Å². The third-order valence-corrected chi connectivity index (χ3v) is 5.25. The first-order valence-electron chi connectivity index (χ1n) is 6.63. The Morgan fingerprint density at radius 2 is 1.47 bits per heavy atom. The Labute approximate surface area is 107 Å². The molecule has 0 aliphatic carbocycles. The molecule has 0 saturated heterocycles. The van der Waals surface area contributed by atoms with E-state index in [2.05, 4.69) is 33.0 Å². The molecule has 0 saturated carbocycles. The van der Waals surface area contributed by atoms with E-state index >= 15 is 0 Å². The summed E-state index contributed by atoms with van der Waals surface area (Å²) in [6.45, 7) is 13.4. The van der Waals surface area contributed by atoms with Crippen molar-refractivity contribution in [3.63, 3.8) is 0 Å². The molecule has 0 aromatic carbocycles. The lowest BCUT2D eigenvalue weighted by atomic mass is 9.85. The van der Waals surface area contributed by atoms with Gasteiger partial charge in [0.15, 0.2) is 9.84 Å². The average molecular weight is 263 g/mol. The van der Waals surface area contributed by atoms with Gasteiger partial charge in [-0.25, -0.2) is 8.42 Å². The van der Waals surface area contributed by atoms with Gasteiger partial charge in [-0.1, -0.05) is 34.6 Å². The highest BCUT2D eigenvalue weighted by Gasteiger charge is 2.19. The quantitative estimate of drug-likeness (QED) is 0.731. The standard InChI is InChI=1S/C13H29NO2S/c1-7-17(15,16)9-12(6)14-8-13(10(2)3)11(4)5/h10-14H,7-9H2,1-6H3. The van der Waals surface area contributed by atoms with Crippen LogP contribution in [-0.4, -0.2) is 32.5 Å². The van der Waals surface area contributed by atoms with E-state index in [-0.39, 0.29) is 17.5 Å². The fourth-order valence-electron chi connectivity index (χ4n) is 2.14. The number of nitrogens with one attached hydrogen (secondary N) is 1. The molecule has 0 heterocycles. The van der Waals surface area contributed by atoms with Crippen LogP contribution in [0.5, 0.6) is 0 Å². The molecule has 0 radical (unpaired) electrons. The molecule has 0 fully saturated rings. The fourth-order valence-corrected chi connectivity index (χ4v) is 3.25. The Bertz CT molecular complexity index is 289. The molecule has 0 spiro atoms. The van der Waals surface area contributed by atoms with Crippen molar-refractivity contribution in [3.8, 4) is 0 Å². The highest BCUT2D eigenvalue weighted by molar-refractivity contribution is 7.91. The van der Waals surface area contributed by atoms with Gasteiger partial charge in [-0.15, -0.1) is 0 Å². The Kier molecular flexibility index (Phi) is 7.33. The normalized spacial score (nSPS) is 14.9. The van der Waals surface area contributed by atoms with Gasteiger partial charge >= 0.3 is 0 Å². The van der Waals surface area contributed by atoms with Crippen LogP contribution in [0.25, 0.3) is 0 Å². The van der Waals surface area contributed by atoms with Gasteiger partial charge in [0.2, 0.25) is 0 Å². The number of hydrogen-bond acceptors (Lipinski definition) is 3. The zero-order valence-corrected chi connectivity index (χ0v) is 13.0. The highest BCUT2D eigenvalue weighted by atomic mass is 32.2. The summed E-state index contributed by atoms with van der Waals surface area (Å²) in [6.07, 6.45) is 0. The van der Waals surface area contributed by atoms with Crippen LogP contribution < -0.4 is 5.32 Å². The third-order valence-electron chi connectivity index (χ3n) is 3.36. The van der Waals surface area contributed by atoms with E-state index in [1.807, 2.05) is 6.92 Å². The second-order valence-corrected chi connectivity index (χ2v) is 8.06. The predicted octanol–water partition coefficient (Wildman–Crippen LogP) is 2.33. The Morgan fingerprint density at radius 3 is 1.82 bits per heavy atom. The van der Waals surface area contributed by atoms with Crippen LogP contribution in [0.1, 0.15) is 41.5 Å². The maximum Gasteiger partial charge on any atom is 0.151 e. The second kappa shape index (κ2) is 7.37. The van der Waals surface area contributed by atoms with E-state index in [1.165, 1.54) is 0 Å². The van der Waals surface area contributed by atoms with Crippen LogP contribution >= 0.6 is 0 Å². The summed E-state index contributed by atoms with van der Waals surface area (Å²) < 4.78 is 23.0. The van der Waals surface area contributed by atoms with Gasteiger partial charge in [-0.2, -0.15) is 0 Å². The van der Waals surface area contributed by atoms with Crippen molar-refractivity contribution < 1.29 is 8.42 Å². The molecule has 0 aliphatic rings. The molecule has 0 amide bonds. The lowest BCUT2D eigenvalue weighted by molar-refractivity contribution is 0.270. The number of rotatable bonds is 8. The van der Waals surface area contributed by atoms with Crippen LogP contribution in [0.15, 0.2) is 0 Å². The van der Waals surface area contributed by atoms with E-state index < -0.39 is 9.84 Å². The summed E-state index contributed by atoms with van der Waals surface area (Å²) in [5.74, 6) is 2.32. The maximum atomic E-state index is 11.5. The summed E-state index contributed by atoms with van der Waals surface area (Å²) in [4.78, 5) is 0. The second-order valence-electron chi connectivity index (χ2n) is 5.66. The lowest BCUT2D eigenvalue weighted by Crippen LogP contribution is -2.39. The molecule has 1 N–H and O–H groups in total. The van der Waals surface area contributed by atoms with E-state index in [0.29, 0.717) is 17.8 Å². The third kappa shape index (κ3) is 7.04. The zero-order valence-electron chi connectivity index (χ0n) is 12.2. The number of sulfone groups is 1. The van der Waals surface area contributed by atoms with Gasteiger partial charge in [0.1, 0.15) is 0 Å². The molecule has 3 nitrogen and oxygen atoms in total. The predicted molar refractivity (Wildman–Crippen MR) is 75.0 cm³/mol. The Balaban J connectivity index is 4.18. The topological polar surface area (TPSA) is 46.2 Å². The van der Waals surface area contributed by atoms with Crippen molar-refractivity contribution >= 4 is 9.84 Å². The molecule has 0 aromatic rings. The smallest absolute Gasteiger partial charge is 0.151 e. The van der Waals surface area contributed by atoms with Gasteiger partial charge in [0.05, 0.1) is 5.75 Å². The monoisotopic (exact) mass is 263 g/mol. The van der Waals surface area contributed by atoms with E-state index in [9.17, 15) is 8.42 Å². The van der Waals surface area contributed by atoms with Crippen molar-refractivity contribution in [1.29, 1.82) is 0 Å². The zero-order chi connectivity index (χ0) is 13.6. The summed E-state index contributed by atoms with van der Waals surface area (Å²) in [5.41, 5.74) is 0. The van der Waals surface area contributed by atoms with Crippen LogP contribution in [0, 0.1) is 17.8 Å². The summed E-state index contributed by atoms with van der Waals surface area (Å²) in [7, 11) is -2.87. The highest BCUT2D eigenvalue weighted by Crippen LogP contribution is 2.19. The maximum absolute atomic E-state index is 11.5. The van der Waals surface area contributed by atoms with Crippen LogP contribution in [-0.2, 0) is 9.84 Å². The molecule has 104 valence electrons. The van der Waals surface area contributed by atoms with E-state index in [0.717, 1.165) is 6.54 Å². The van der Waals surface area contributed by atoms with Crippen molar-refractivity contribution in [1.82, 2.24) is 5.32 Å². The molecule has 0 aromatic heterocycles. The molecule has 4 heteroatoms. The summed E-state index contributed by atoms with van der Waals surface area (Å²) in [5, 5.41) is 3.36. The minimum absolute atomic E-state index is 0.0416. The largest absolute Gasteiger partial charge is 0.313 e. The lowest BCUT2D eigenvalue weighted by Gasteiger charge is -2.27. The molecule has 17 heavy (non-hydrogen) atoms. The first-order valence-corrected chi connectivity index (χ1v) is 8.45. The van der Waals surface area contributed by atoms with Crippen LogP contribution in [0.4, 0.5) is 0 Å². The molecule has 0 rings (SSSR count). The summed E-state index contributed by atoms with van der Waals surface area (Å²) in [6, 6.07) is 0.0416. The SMILES string of the molecule is CCS(=O)(=O)CC(C)NCC(C(C)C)C(C)C. The van der Waals surface area contributed by atoms with Gasteiger partial charge in [0, 0.05) is 11.8 Å². The molecule has 0 bridgehead atoms. The minimum Gasteiger partial charge on any atom is -0.313 e. The van der Waals surface area contributed by atoms with Crippen LogP contribution in [0.2, 0.25) is 0 Å². The first-order chi connectivity index (χ1) is 7.69. The Hall–Kier alpha value is -0.0900. The number of hydrogen-bond donors (Lipinski definition) is 1. The van der Waals surface area contributed by atoms with Crippen molar-refractivity contribution in [2.24, 2.45) is 17.8 Å². The van der Waals surface area contributed by atoms with Crippen molar-refractivity contribution in [3.05, 3.63) is 0 Å². The summed E-state index contributed by atoms with van der Waals surface area (Å²) >= 11 is 0. The molecule has 0 aliphatic heterocycles. The average Bonchev–Trinajstić information content (AvgIpc) is 2.16. The van der Waals surface area contributed by atoms with Gasteiger partial charge in [0.25, 0.3) is 0 Å². The molecule has 1 atom stereocenters. The van der Waals surface area contributed by atoms with Gasteiger partial charge < -0.3 is 5.32 Å². The minimum atomic E-state index is -2.87. The first kappa shape index (κ1) is 16.9. The molecular formula is C13H29NO2S. The molecule has 1 unspecified atom stereocenters. The molecular weight excluding hydrogens is 234 g/mol. The van der Waals surface area contributed by atoms with Crippen molar-refractivity contribution in [2.75, 3.05) is 18.1 Å².